The largest absolute Gasteiger partial charge is 0.494 e. The van der Waals surface area contributed by atoms with Crippen LogP contribution < -0.4 is 10.4 Å². The highest BCUT2D eigenvalue weighted by molar-refractivity contribution is 6.62. The minimum absolute atomic E-state index is 0.117. The van der Waals surface area contributed by atoms with Gasteiger partial charge in [0.05, 0.1) is 17.1 Å². The van der Waals surface area contributed by atoms with Gasteiger partial charge in [-0.3, -0.25) is 4.79 Å². The number of halogens is 2. The first kappa shape index (κ1) is 20.0. The second-order valence-corrected chi connectivity index (χ2v) is 8.65. The maximum atomic E-state index is 14.1. The van der Waals surface area contributed by atoms with Gasteiger partial charge < -0.3 is 14.2 Å². The van der Waals surface area contributed by atoms with E-state index < -0.39 is 35.9 Å². The van der Waals surface area contributed by atoms with Crippen molar-refractivity contribution in [3.8, 4) is 0 Å². The van der Waals surface area contributed by atoms with Crippen LogP contribution in [0, 0.1) is 11.6 Å². The van der Waals surface area contributed by atoms with E-state index in [0.29, 0.717) is 13.0 Å². The molecule has 2 fully saturated rings. The normalized spacial score (nSPS) is 23.1. The topological polar surface area (TPSA) is 38.8 Å². The van der Waals surface area contributed by atoms with Gasteiger partial charge in [0.15, 0.2) is 11.6 Å². The minimum atomic E-state index is -0.941. The highest BCUT2D eigenvalue weighted by Crippen LogP contribution is 2.37. The molecule has 2 aromatic carbocycles. The van der Waals surface area contributed by atoms with Crippen molar-refractivity contribution < 1.29 is 22.9 Å². The van der Waals surface area contributed by atoms with Crippen molar-refractivity contribution >= 4 is 24.2 Å². The van der Waals surface area contributed by atoms with Crippen LogP contribution in [0.4, 0.5) is 14.5 Å². The fraction of sp³-hybridized carbons (Fsp3) is 0.409. The zero-order chi connectivity index (χ0) is 21.0. The van der Waals surface area contributed by atoms with Crippen molar-refractivity contribution in [3.05, 3.63) is 59.7 Å². The molecular weight excluding hydrogens is 375 g/mol. The first-order valence-electron chi connectivity index (χ1n) is 9.81. The molecule has 0 radical (unpaired) electrons. The van der Waals surface area contributed by atoms with Crippen LogP contribution in [0.25, 0.3) is 0 Å². The summed E-state index contributed by atoms with van der Waals surface area (Å²) in [7, 11) is -0.475. The van der Waals surface area contributed by atoms with Gasteiger partial charge in [-0.25, -0.2) is 8.78 Å². The smallest absolute Gasteiger partial charge is 0.399 e. The monoisotopic (exact) mass is 399 g/mol. The van der Waals surface area contributed by atoms with E-state index in [4.69, 9.17) is 9.31 Å². The lowest BCUT2D eigenvalue weighted by atomic mass is 9.79. The highest BCUT2D eigenvalue weighted by atomic mass is 19.2. The Bertz CT molecular complexity index is 930. The van der Waals surface area contributed by atoms with E-state index in [1.54, 1.807) is 4.90 Å². The summed E-state index contributed by atoms with van der Waals surface area (Å²) in [5.74, 6) is -2.77. The van der Waals surface area contributed by atoms with E-state index in [0.717, 1.165) is 17.2 Å². The number of anilines is 1. The van der Waals surface area contributed by atoms with Gasteiger partial charge in [0.25, 0.3) is 0 Å². The first-order valence-corrected chi connectivity index (χ1v) is 9.81. The highest BCUT2D eigenvalue weighted by Gasteiger charge is 2.51. The number of rotatable bonds is 3. The molecule has 152 valence electrons. The van der Waals surface area contributed by atoms with E-state index in [1.807, 2.05) is 52.0 Å². The zero-order valence-electron chi connectivity index (χ0n) is 17.0. The molecule has 4 rings (SSSR count). The maximum absolute atomic E-state index is 14.1. The average Bonchev–Trinajstić information content (AvgIpc) is 3.14. The molecule has 2 heterocycles. The van der Waals surface area contributed by atoms with Crippen molar-refractivity contribution in [2.24, 2.45) is 0 Å². The van der Waals surface area contributed by atoms with Gasteiger partial charge in [-0.15, -0.1) is 0 Å². The van der Waals surface area contributed by atoms with Gasteiger partial charge in [-0.1, -0.05) is 24.3 Å². The van der Waals surface area contributed by atoms with Crippen LogP contribution in [-0.2, 0) is 14.1 Å². The van der Waals surface area contributed by atoms with Crippen LogP contribution in [0.2, 0.25) is 0 Å². The number of amides is 1. The SMILES string of the molecule is CC1(C)OB(c2ccc(N3CCC(c4cccc(F)c4F)C3=O)cc2)OC1(C)C. The molecule has 0 spiro atoms. The Morgan fingerprint density at radius 1 is 1.00 bits per heavy atom. The molecule has 1 atom stereocenters. The van der Waals surface area contributed by atoms with Gasteiger partial charge in [0.1, 0.15) is 0 Å². The van der Waals surface area contributed by atoms with Crippen molar-refractivity contribution in [1.29, 1.82) is 0 Å². The molecule has 2 aliphatic heterocycles. The Morgan fingerprint density at radius 2 is 1.62 bits per heavy atom. The third kappa shape index (κ3) is 3.36. The number of hydrogen-bond donors (Lipinski definition) is 0. The van der Waals surface area contributed by atoms with Crippen molar-refractivity contribution in [1.82, 2.24) is 0 Å². The van der Waals surface area contributed by atoms with Crippen LogP contribution in [0.3, 0.4) is 0 Å². The summed E-state index contributed by atoms with van der Waals surface area (Å²) >= 11 is 0. The first-order chi connectivity index (χ1) is 13.6. The molecule has 0 saturated carbocycles. The van der Waals surface area contributed by atoms with Crippen LogP contribution in [0.15, 0.2) is 42.5 Å². The zero-order valence-corrected chi connectivity index (χ0v) is 17.0. The lowest BCUT2D eigenvalue weighted by molar-refractivity contribution is -0.118. The Balaban J connectivity index is 1.52. The van der Waals surface area contributed by atoms with E-state index in [9.17, 15) is 13.6 Å². The minimum Gasteiger partial charge on any atom is -0.399 e. The molecule has 0 N–H and O–H groups in total. The summed E-state index contributed by atoms with van der Waals surface area (Å²) in [6, 6.07) is 11.4. The quantitative estimate of drug-likeness (QED) is 0.738. The summed E-state index contributed by atoms with van der Waals surface area (Å²) < 4.78 is 39.8. The van der Waals surface area contributed by atoms with Crippen LogP contribution >= 0.6 is 0 Å². The van der Waals surface area contributed by atoms with E-state index in [-0.39, 0.29) is 11.5 Å². The third-order valence-electron chi connectivity index (χ3n) is 6.29. The molecule has 1 unspecified atom stereocenters. The number of carbonyl (C=O) groups is 1. The second-order valence-electron chi connectivity index (χ2n) is 8.65. The van der Waals surface area contributed by atoms with Crippen molar-refractivity contribution in [2.45, 2.75) is 51.2 Å². The van der Waals surface area contributed by atoms with Crippen molar-refractivity contribution in [3.63, 3.8) is 0 Å². The third-order valence-corrected chi connectivity index (χ3v) is 6.29. The maximum Gasteiger partial charge on any atom is 0.494 e. The van der Waals surface area contributed by atoms with Crippen molar-refractivity contribution in [2.75, 3.05) is 11.4 Å². The van der Waals surface area contributed by atoms with Gasteiger partial charge in [0.2, 0.25) is 5.91 Å². The average molecular weight is 399 g/mol. The standard InChI is InChI=1S/C22H24BF2NO3/c1-21(2)22(3,4)29-23(28-21)14-8-10-15(11-9-14)26-13-12-17(20(26)27)16-6-5-7-18(24)19(16)25/h5-11,17H,12-13H2,1-4H3. The molecule has 29 heavy (non-hydrogen) atoms. The van der Waals surface area contributed by atoms with Crippen LogP contribution in [0.1, 0.15) is 45.6 Å². The Kier molecular flexibility index (Phi) is 4.78. The summed E-state index contributed by atoms with van der Waals surface area (Å²) in [6.07, 6.45) is 0.443. The summed E-state index contributed by atoms with van der Waals surface area (Å²) in [6.45, 7) is 8.44. The predicted molar refractivity (Wildman–Crippen MR) is 108 cm³/mol. The molecule has 0 aliphatic carbocycles. The van der Waals surface area contributed by atoms with Crippen LogP contribution in [-0.4, -0.2) is 30.8 Å². The Hall–Kier alpha value is -2.25. The van der Waals surface area contributed by atoms with E-state index in [2.05, 4.69) is 0 Å². The van der Waals surface area contributed by atoms with Gasteiger partial charge in [-0.2, -0.15) is 0 Å². The Labute approximate surface area is 169 Å². The number of nitrogens with zero attached hydrogens (tertiary/aromatic N) is 1. The number of hydrogen-bond acceptors (Lipinski definition) is 3. The Morgan fingerprint density at radius 3 is 2.24 bits per heavy atom. The molecule has 1 amide bonds. The van der Waals surface area contributed by atoms with E-state index in [1.165, 1.54) is 12.1 Å². The molecule has 0 bridgehead atoms. The van der Waals surface area contributed by atoms with Gasteiger partial charge in [0, 0.05) is 17.8 Å². The molecule has 2 aromatic rings. The van der Waals surface area contributed by atoms with E-state index >= 15 is 0 Å². The lowest BCUT2D eigenvalue weighted by Gasteiger charge is -2.32. The number of benzene rings is 2. The second kappa shape index (κ2) is 6.92. The molecule has 7 heteroatoms. The molecule has 4 nitrogen and oxygen atoms in total. The summed E-state index contributed by atoms with van der Waals surface area (Å²) in [4.78, 5) is 14.5. The lowest BCUT2D eigenvalue weighted by Crippen LogP contribution is -2.41. The fourth-order valence-electron chi connectivity index (χ4n) is 3.80. The molecular formula is C22H24BF2NO3. The summed E-state index contributed by atoms with van der Waals surface area (Å²) in [5, 5.41) is 0. The number of carbonyl (C=O) groups excluding carboxylic acids is 1. The van der Waals surface area contributed by atoms with Gasteiger partial charge in [-0.05, 0) is 57.8 Å². The summed E-state index contributed by atoms with van der Waals surface area (Å²) in [5.41, 5.74) is 0.847. The molecule has 0 aromatic heterocycles. The van der Waals surface area contributed by atoms with Gasteiger partial charge >= 0.3 is 7.12 Å². The van der Waals surface area contributed by atoms with Crippen LogP contribution in [0.5, 0.6) is 0 Å². The molecule has 2 saturated heterocycles. The fourth-order valence-corrected chi connectivity index (χ4v) is 3.80. The molecule has 2 aliphatic rings. The predicted octanol–water partition coefficient (Wildman–Crippen LogP) is 3.78.